The number of fused-ring (bicyclic) bond motifs is 1. The number of hydrogen-bond donors (Lipinski definition) is 2. The van der Waals surface area contributed by atoms with Crippen molar-refractivity contribution in [2.24, 2.45) is 5.73 Å². The highest BCUT2D eigenvalue weighted by Gasteiger charge is 2.29. The zero-order chi connectivity index (χ0) is 22.0. The van der Waals surface area contributed by atoms with Crippen molar-refractivity contribution in [3.05, 3.63) is 71.8 Å². The topological polar surface area (TPSA) is 115 Å². The summed E-state index contributed by atoms with van der Waals surface area (Å²) in [6.45, 7) is 0.634. The summed E-state index contributed by atoms with van der Waals surface area (Å²) in [6.07, 6.45) is 1.51. The van der Waals surface area contributed by atoms with Gasteiger partial charge in [0, 0.05) is 12.6 Å². The molecule has 1 aliphatic heterocycles. The van der Waals surface area contributed by atoms with Crippen LogP contribution in [0.15, 0.2) is 54.9 Å². The molecule has 2 amide bonds. The monoisotopic (exact) mass is 436 g/mol. The maximum atomic E-state index is 12.7. The second-order valence-corrected chi connectivity index (χ2v) is 7.45. The highest BCUT2D eigenvalue weighted by Crippen LogP contribution is 2.32. The summed E-state index contributed by atoms with van der Waals surface area (Å²) in [4.78, 5) is 30.4. The van der Waals surface area contributed by atoms with Gasteiger partial charge in [-0.3, -0.25) is 9.59 Å². The van der Waals surface area contributed by atoms with Crippen LogP contribution in [0, 0.1) is 0 Å². The van der Waals surface area contributed by atoms with E-state index in [9.17, 15) is 9.59 Å². The number of benzene rings is 2. The molecule has 1 atom stereocenters. The van der Waals surface area contributed by atoms with E-state index in [2.05, 4.69) is 15.4 Å². The second-order valence-electron chi connectivity index (χ2n) is 7.03. The van der Waals surface area contributed by atoms with Crippen LogP contribution < -0.4 is 20.7 Å². The molecule has 0 saturated heterocycles. The Morgan fingerprint density at radius 2 is 2.03 bits per heavy atom. The average Bonchev–Trinajstić information content (AvgIpc) is 3.20. The van der Waals surface area contributed by atoms with Crippen LogP contribution >= 0.6 is 12.2 Å². The summed E-state index contributed by atoms with van der Waals surface area (Å²) in [7, 11) is 1.74. The maximum Gasteiger partial charge on any atom is 0.291 e. The Kier molecular flexibility index (Phi) is 5.63. The fourth-order valence-electron chi connectivity index (χ4n) is 3.22. The van der Waals surface area contributed by atoms with E-state index < -0.39 is 17.9 Å². The molecule has 31 heavy (non-hydrogen) atoms. The number of carbonyl (C=O) groups excluding carboxylic acids is 2. The molecule has 9 nitrogen and oxygen atoms in total. The van der Waals surface area contributed by atoms with Crippen molar-refractivity contribution in [1.82, 2.24) is 20.1 Å². The molecular formula is C21H20N6O3S. The number of hydrogen-bond acceptors (Lipinski definition) is 6. The average molecular weight is 436 g/mol. The van der Waals surface area contributed by atoms with Crippen molar-refractivity contribution in [2.75, 3.05) is 18.6 Å². The van der Waals surface area contributed by atoms with Crippen molar-refractivity contribution >= 4 is 34.7 Å². The number of likely N-dealkylation sites (N-methyl/N-ethyl adjacent to an activating group) is 1. The van der Waals surface area contributed by atoms with E-state index in [0.717, 1.165) is 5.56 Å². The van der Waals surface area contributed by atoms with Gasteiger partial charge in [0.25, 0.3) is 5.91 Å². The molecule has 1 aliphatic rings. The number of carbonyl (C=O) groups is 2. The van der Waals surface area contributed by atoms with Gasteiger partial charge in [0.2, 0.25) is 11.7 Å². The lowest BCUT2D eigenvalue weighted by atomic mass is 10.1. The Morgan fingerprint density at radius 1 is 1.26 bits per heavy atom. The number of amides is 2. The van der Waals surface area contributed by atoms with Gasteiger partial charge < -0.3 is 20.7 Å². The first kappa shape index (κ1) is 20.5. The number of nitrogens with two attached hydrogens (primary N) is 1. The van der Waals surface area contributed by atoms with E-state index in [4.69, 9.17) is 22.7 Å². The minimum atomic E-state index is -0.585. The predicted octanol–water partition coefficient (Wildman–Crippen LogP) is 1.38. The van der Waals surface area contributed by atoms with E-state index >= 15 is 0 Å². The summed E-state index contributed by atoms with van der Waals surface area (Å²) in [5.74, 6) is -0.427. The third kappa shape index (κ3) is 4.38. The van der Waals surface area contributed by atoms with E-state index in [0.29, 0.717) is 28.5 Å². The first-order valence-electron chi connectivity index (χ1n) is 9.51. The number of primary amides is 1. The van der Waals surface area contributed by atoms with Gasteiger partial charge in [-0.1, -0.05) is 42.5 Å². The molecule has 1 aromatic heterocycles. The Hall–Kier alpha value is -3.79. The largest absolute Gasteiger partial charge is 0.489 e. The maximum absolute atomic E-state index is 12.7. The smallest absolute Gasteiger partial charge is 0.291 e. The van der Waals surface area contributed by atoms with Crippen LogP contribution in [0.25, 0.3) is 0 Å². The second kappa shape index (κ2) is 8.52. The Labute approximate surface area is 183 Å². The van der Waals surface area contributed by atoms with Crippen molar-refractivity contribution in [1.29, 1.82) is 0 Å². The summed E-state index contributed by atoms with van der Waals surface area (Å²) < 4.78 is 7.41. The molecule has 0 spiro atoms. The molecule has 4 rings (SSSR count). The molecule has 0 unspecified atom stereocenters. The third-order valence-corrected chi connectivity index (χ3v) is 5.43. The number of aromatic nitrogens is 3. The molecule has 0 saturated carbocycles. The van der Waals surface area contributed by atoms with Crippen molar-refractivity contribution < 1.29 is 14.3 Å². The number of ether oxygens (including phenoxy) is 1. The van der Waals surface area contributed by atoms with Crippen LogP contribution in [0.1, 0.15) is 26.5 Å². The molecule has 0 radical (unpaired) electrons. The van der Waals surface area contributed by atoms with E-state index in [1.807, 2.05) is 30.3 Å². The Balaban J connectivity index is 1.46. The van der Waals surface area contributed by atoms with Crippen molar-refractivity contribution in [3.63, 3.8) is 0 Å². The van der Waals surface area contributed by atoms with Gasteiger partial charge in [0.1, 0.15) is 29.7 Å². The first-order chi connectivity index (χ1) is 14.9. The molecule has 0 fully saturated rings. The van der Waals surface area contributed by atoms with E-state index in [1.54, 1.807) is 34.8 Å². The molecule has 3 N–H and O–H groups in total. The van der Waals surface area contributed by atoms with Crippen LogP contribution in [0.5, 0.6) is 5.75 Å². The highest BCUT2D eigenvalue weighted by atomic mass is 32.1. The standard InChI is InChI=1S/C21H20N6O3S/c1-26-16-9-14(18(22)28)7-8-17(16)30-11-15(21(26)31)24-20(29)19-23-12-27(25-19)10-13-5-3-2-4-6-13/h2-9,12,15H,10-11H2,1H3,(H2,22,28)(H,24,29)/t15-/m0/s1. The van der Waals surface area contributed by atoms with Crippen LogP contribution in [0.3, 0.4) is 0 Å². The number of nitrogens with zero attached hydrogens (tertiary/aromatic N) is 4. The molecule has 158 valence electrons. The van der Waals surface area contributed by atoms with Crippen LogP contribution in [-0.2, 0) is 6.54 Å². The molecule has 10 heteroatoms. The highest BCUT2D eigenvalue weighted by molar-refractivity contribution is 7.80. The van der Waals surface area contributed by atoms with Crippen molar-refractivity contribution in [3.8, 4) is 5.75 Å². The number of nitrogens with one attached hydrogen (secondary N) is 1. The molecular weight excluding hydrogens is 416 g/mol. The SMILES string of the molecule is CN1C(=S)[C@@H](NC(=O)c2ncn(Cc3ccccc3)n2)COc2ccc(C(N)=O)cc21. The fourth-order valence-corrected chi connectivity index (χ4v) is 3.45. The minimum absolute atomic E-state index is 0.0409. The summed E-state index contributed by atoms with van der Waals surface area (Å²) in [5.41, 5.74) is 7.36. The summed E-state index contributed by atoms with van der Waals surface area (Å²) in [6, 6.07) is 14.0. The zero-order valence-corrected chi connectivity index (χ0v) is 17.5. The van der Waals surface area contributed by atoms with Crippen LogP contribution in [-0.4, -0.2) is 51.3 Å². The zero-order valence-electron chi connectivity index (χ0n) is 16.7. The lowest BCUT2D eigenvalue weighted by molar-refractivity contribution is 0.0926. The lowest BCUT2D eigenvalue weighted by Crippen LogP contribution is -2.48. The van der Waals surface area contributed by atoms with Gasteiger partial charge >= 0.3 is 0 Å². The van der Waals surface area contributed by atoms with Gasteiger partial charge in [-0.2, -0.15) is 0 Å². The fraction of sp³-hybridized carbons (Fsp3) is 0.190. The van der Waals surface area contributed by atoms with Gasteiger partial charge in [0.05, 0.1) is 12.2 Å². The minimum Gasteiger partial charge on any atom is -0.489 e. The summed E-state index contributed by atoms with van der Waals surface area (Å²) >= 11 is 5.55. The van der Waals surface area contributed by atoms with Gasteiger partial charge in [0.15, 0.2) is 0 Å². The Morgan fingerprint density at radius 3 is 2.77 bits per heavy atom. The molecule has 0 aliphatic carbocycles. The van der Waals surface area contributed by atoms with E-state index in [-0.39, 0.29) is 12.4 Å². The van der Waals surface area contributed by atoms with Gasteiger partial charge in [-0.05, 0) is 23.8 Å². The molecule has 2 aromatic carbocycles. The first-order valence-corrected chi connectivity index (χ1v) is 9.91. The molecule has 3 aromatic rings. The van der Waals surface area contributed by atoms with Gasteiger partial charge in [-0.15, -0.1) is 5.10 Å². The van der Waals surface area contributed by atoms with Gasteiger partial charge in [-0.25, -0.2) is 9.67 Å². The quantitative estimate of drug-likeness (QED) is 0.581. The number of rotatable bonds is 5. The van der Waals surface area contributed by atoms with Crippen LogP contribution in [0.4, 0.5) is 5.69 Å². The molecule has 2 heterocycles. The Bertz CT molecular complexity index is 1150. The lowest BCUT2D eigenvalue weighted by Gasteiger charge is -2.23. The third-order valence-electron chi connectivity index (χ3n) is 4.87. The summed E-state index contributed by atoms with van der Waals surface area (Å²) in [5, 5.41) is 7.08. The predicted molar refractivity (Wildman–Crippen MR) is 118 cm³/mol. The van der Waals surface area contributed by atoms with Crippen molar-refractivity contribution in [2.45, 2.75) is 12.6 Å². The van der Waals surface area contributed by atoms with E-state index in [1.165, 1.54) is 6.33 Å². The molecule has 0 bridgehead atoms. The normalized spacial score (nSPS) is 15.6. The van der Waals surface area contributed by atoms with Crippen LogP contribution in [0.2, 0.25) is 0 Å². The number of thiocarbonyl (C=S) groups is 1. The number of anilines is 1.